The first-order chi connectivity index (χ1) is 36.4. The maximum atomic E-state index is 10.5. The van der Waals surface area contributed by atoms with Gasteiger partial charge in [-0.15, -0.1) is 0 Å². The van der Waals surface area contributed by atoms with E-state index in [4.69, 9.17) is 22.6 Å². The Morgan fingerprint density at radius 1 is 0.429 bits per heavy atom. The van der Waals surface area contributed by atoms with Gasteiger partial charge in [-0.3, -0.25) is 0 Å². The molecule has 0 fully saturated rings. The molecule has 2 aliphatic rings. The van der Waals surface area contributed by atoms with E-state index in [2.05, 4.69) is 0 Å². The second-order valence-electron chi connectivity index (χ2n) is 11.0. The van der Waals surface area contributed by atoms with Crippen molar-refractivity contribution in [2.24, 2.45) is 0 Å². The normalized spacial score (nSPS) is 21.9. The zero-order valence-corrected chi connectivity index (χ0v) is 24.4. The van der Waals surface area contributed by atoms with Crippen molar-refractivity contribution in [3.8, 4) is 39.4 Å². The van der Waals surface area contributed by atoms with E-state index < -0.39 is 275 Å². The van der Waals surface area contributed by atoms with Crippen molar-refractivity contribution in [2.45, 2.75) is 5.41 Å². The Bertz CT molecular complexity index is 4370. The quantitative estimate of drug-likeness (QED) is 0.181. The molecule has 1 spiro atoms. The lowest BCUT2D eigenvalue weighted by atomic mass is 9.66. The van der Waals surface area contributed by atoms with Crippen molar-refractivity contribution in [2.75, 3.05) is 0 Å². The summed E-state index contributed by atoms with van der Waals surface area (Å²) in [7, 11) is 0. The molecule has 8 aromatic carbocycles. The molecule has 9 aromatic rings. The topological polar surface area (TPSA) is 14.2 Å². The average Bonchev–Trinajstić information content (AvgIpc) is 4.12. The van der Waals surface area contributed by atoms with E-state index >= 15 is 0 Å². The summed E-state index contributed by atoms with van der Waals surface area (Å²) in [5.74, 6) is -1.81. The van der Waals surface area contributed by atoms with Crippen molar-refractivity contribution in [3.63, 3.8) is 0 Å². The lowest BCUT2D eigenvalue weighted by Crippen LogP contribution is -2.32. The summed E-state index contributed by atoms with van der Waals surface area (Å²) >= 11 is 0. The second kappa shape index (κ2) is 9.82. The smallest absolute Gasteiger partial charge is 0.132 e. The van der Waals surface area contributed by atoms with Crippen molar-refractivity contribution >= 4 is 32.6 Å². The average molecular weight is 653 g/mol. The molecular formula is C47H29NO. The molecular weight excluding hydrogens is 595 g/mol. The van der Waals surface area contributed by atoms with Crippen molar-refractivity contribution in [3.05, 3.63) is 197 Å². The summed E-state index contributed by atoms with van der Waals surface area (Å²) in [6.45, 7) is 0. The molecule has 0 unspecified atom stereocenters. The van der Waals surface area contributed by atoms with Crippen LogP contribution in [0, 0.1) is 0 Å². The Hall–Kier alpha value is -6.38. The van der Waals surface area contributed by atoms with Crippen LogP contribution in [0.3, 0.4) is 0 Å². The molecule has 1 aliphatic carbocycles. The minimum absolute atomic E-state index is 0.628. The number of benzene rings is 8. The van der Waals surface area contributed by atoms with Crippen LogP contribution in [0.25, 0.3) is 60.5 Å². The fraction of sp³-hybridized carbons (Fsp3) is 0.0213. The van der Waals surface area contributed by atoms with Gasteiger partial charge in [-0.25, -0.2) is 0 Å². The van der Waals surface area contributed by atoms with E-state index in [0.29, 0.717) is 0 Å². The van der Waals surface area contributed by atoms with Gasteiger partial charge in [0.25, 0.3) is 0 Å². The minimum Gasteiger partial charge on any atom is -0.457 e. The van der Waals surface area contributed by atoms with Gasteiger partial charge in [-0.05, 0) is 63.4 Å². The summed E-state index contributed by atoms with van der Waals surface area (Å²) in [6, 6.07) is -28.9. The molecule has 0 radical (unpaired) electrons. The van der Waals surface area contributed by atoms with Gasteiger partial charge >= 0.3 is 0 Å². The Balaban J connectivity index is 1.50. The van der Waals surface area contributed by atoms with Gasteiger partial charge in [0.15, 0.2) is 0 Å². The van der Waals surface area contributed by atoms with Crippen LogP contribution in [0.4, 0.5) is 0 Å². The third-order valence-electron chi connectivity index (χ3n) is 8.74. The molecule has 11 rings (SSSR count). The fourth-order valence-electron chi connectivity index (χ4n) is 6.89. The Morgan fingerprint density at radius 3 is 1.86 bits per heavy atom. The van der Waals surface area contributed by atoms with E-state index in [-0.39, 0.29) is 0 Å². The van der Waals surface area contributed by atoms with E-state index in [0.717, 1.165) is 4.57 Å². The monoisotopic (exact) mass is 652 g/mol. The van der Waals surface area contributed by atoms with Crippen molar-refractivity contribution < 1.29 is 44.5 Å². The highest BCUT2D eigenvalue weighted by atomic mass is 16.5. The molecule has 0 amide bonds. The fourth-order valence-corrected chi connectivity index (χ4v) is 6.89. The van der Waals surface area contributed by atoms with Crippen LogP contribution in [0.5, 0.6) is 11.5 Å². The molecule has 1 aromatic heterocycles. The molecule has 2 heterocycles. The highest BCUT2D eigenvalue weighted by molar-refractivity contribution is 6.21. The van der Waals surface area contributed by atoms with E-state index in [1.54, 1.807) is 0 Å². The molecule has 0 atom stereocenters. The van der Waals surface area contributed by atoms with Gasteiger partial charge in [0.2, 0.25) is 0 Å². The molecule has 0 saturated carbocycles. The number of hydrogen-bond acceptors (Lipinski definition) is 1. The van der Waals surface area contributed by atoms with Crippen LogP contribution in [-0.4, -0.2) is 4.57 Å². The van der Waals surface area contributed by atoms with Crippen LogP contribution in [0.2, 0.25) is 0 Å². The lowest BCUT2D eigenvalue weighted by Gasteiger charge is -2.39. The molecule has 228 valence electrons. The Labute approximate surface area is 324 Å². The predicted molar refractivity (Wildman–Crippen MR) is 201 cm³/mol. The zero-order chi connectivity index (χ0) is 57.3. The molecule has 0 N–H and O–H groups in total. The minimum atomic E-state index is -3.03. The first kappa shape index (κ1) is 11.1. The number of aromatic nitrogens is 1. The van der Waals surface area contributed by atoms with Crippen LogP contribution in [0.15, 0.2) is 175 Å². The van der Waals surface area contributed by atoms with Gasteiger partial charge < -0.3 is 9.30 Å². The molecule has 2 nitrogen and oxygen atoms in total. The lowest BCUT2D eigenvalue weighted by molar-refractivity contribution is 0.436. The largest absolute Gasteiger partial charge is 0.457 e. The summed E-state index contributed by atoms with van der Waals surface area (Å²) in [5.41, 5.74) is -11.7. The van der Waals surface area contributed by atoms with Crippen LogP contribution < -0.4 is 4.74 Å². The van der Waals surface area contributed by atoms with E-state index in [9.17, 15) is 21.9 Å². The predicted octanol–water partition coefficient (Wildman–Crippen LogP) is 12.1. The van der Waals surface area contributed by atoms with Gasteiger partial charge in [0, 0.05) is 38.5 Å². The number of hydrogen-bond donors (Lipinski definition) is 0. The molecule has 0 bridgehead atoms. The van der Waals surface area contributed by atoms with Crippen LogP contribution >= 0.6 is 0 Å². The number of fused-ring (bicyclic) bond motifs is 14. The molecule has 1 aliphatic heterocycles. The van der Waals surface area contributed by atoms with Crippen LogP contribution in [-0.2, 0) is 5.41 Å². The second-order valence-corrected chi connectivity index (χ2v) is 11.0. The number of rotatable bonds is 2. The van der Waals surface area contributed by atoms with E-state index in [1.165, 1.54) is 0 Å². The summed E-state index contributed by atoms with van der Waals surface area (Å²) in [5, 5.41) is -2.59. The summed E-state index contributed by atoms with van der Waals surface area (Å²) < 4.78 is 273. The molecule has 49 heavy (non-hydrogen) atoms. The molecule has 0 saturated heterocycles. The maximum absolute atomic E-state index is 10.5. The SMILES string of the molecule is [2H]c1c([2H])c([2H])c(-n2c3c(-c4c([2H])c([2H])c5c(c4[2H])C4(c6c([2H])c([2H])c([2H])c([2H])c6O5)c5c([2H])c([2H])c([2H])c([2H])c5-c5c([2H])c([2H])c([2H])c([2H])c54)c([2H])c([2H])c([2H])c3c3c([2H])c([2H])c4c([2H])c([2H])c([2H])c([2H])c4c32)c([2H])c1[2H]. The molecule has 2 heteroatoms. The third-order valence-corrected chi connectivity index (χ3v) is 8.74. The number of para-hydroxylation sites is 3. The summed E-state index contributed by atoms with van der Waals surface area (Å²) in [4.78, 5) is 0. The zero-order valence-electron chi connectivity index (χ0n) is 53.4. The van der Waals surface area contributed by atoms with Crippen molar-refractivity contribution in [1.29, 1.82) is 0 Å². The Kier molecular flexibility index (Phi) is 2.22. The van der Waals surface area contributed by atoms with Crippen LogP contribution in [0.1, 0.15) is 62.0 Å². The highest BCUT2D eigenvalue weighted by Gasteiger charge is 2.51. The first-order valence-electron chi connectivity index (χ1n) is 29.1. The van der Waals surface area contributed by atoms with Gasteiger partial charge in [0.1, 0.15) is 11.5 Å². The highest BCUT2D eigenvalue weighted by Crippen LogP contribution is 2.62. The number of ether oxygens (including phenoxy) is 1. The van der Waals surface area contributed by atoms with E-state index in [1.807, 2.05) is 0 Å². The summed E-state index contributed by atoms with van der Waals surface area (Å²) in [6.07, 6.45) is 0. The van der Waals surface area contributed by atoms with Gasteiger partial charge in [-0.1, -0.05) is 145 Å². The van der Waals surface area contributed by atoms with Gasteiger partial charge in [-0.2, -0.15) is 0 Å². The standard InChI is InChI=1S/C47H29NO/c1-2-14-32(15-3-1)48-45-33-16-5-4-13-30(33)25-27-38(45)37-20-12-19-34(46(37)48)31-26-28-44-42(29-31)47(41-23-10-11-24-43(41)49-44)39-21-8-6-17-35(39)36-18-7-9-22-40(36)47/h1-29H/i1D,2D,3D,4D,5D,6D,7D,8D,9D,10D,11D,12D,13D,14D,15D,16D,17D,18D,19D,20D,21D,22D,23D,24D,25D,26D,27D,28D,29D. The number of nitrogens with zero attached hydrogens (tertiary/aromatic N) is 1. The third kappa shape index (κ3) is 3.45. The van der Waals surface area contributed by atoms with Gasteiger partial charge in [0.05, 0.1) is 56.2 Å². The maximum Gasteiger partial charge on any atom is 0.132 e. The Morgan fingerprint density at radius 2 is 1.04 bits per heavy atom. The first-order valence-corrected chi connectivity index (χ1v) is 14.6. The van der Waals surface area contributed by atoms with Crippen molar-refractivity contribution in [1.82, 2.24) is 4.57 Å².